The van der Waals surface area contributed by atoms with Gasteiger partial charge < -0.3 is 15.7 Å². The topological polar surface area (TPSA) is 113 Å². The summed E-state index contributed by atoms with van der Waals surface area (Å²) < 4.78 is 22.6. The van der Waals surface area contributed by atoms with E-state index in [2.05, 4.69) is 10.6 Å². The van der Waals surface area contributed by atoms with E-state index in [0.717, 1.165) is 6.26 Å². The lowest BCUT2D eigenvalue weighted by Gasteiger charge is -2.12. The highest BCUT2D eigenvalue weighted by atomic mass is 32.2. The molecule has 116 valence electrons. The Morgan fingerprint density at radius 2 is 1.81 bits per heavy atom. The monoisotopic (exact) mass is 314 g/mol. The smallest absolute Gasteiger partial charge is 0.319 e. The summed E-state index contributed by atoms with van der Waals surface area (Å²) in [5.41, 5.74) is 0.420. The molecule has 1 atom stereocenters. The molecular weight excluding hydrogens is 296 g/mol. The molecule has 0 aromatic heterocycles. The lowest BCUT2D eigenvalue weighted by atomic mass is 10.1. The Labute approximate surface area is 123 Å². The summed E-state index contributed by atoms with van der Waals surface area (Å²) in [5, 5.41) is 13.8. The zero-order chi connectivity index (χ0) is 16.0. The SMILES string of the molecule is CCC(CNC(=O)Nc1ccc(S(C)(=O)=O)cc1)C(=O)O. The van der Waals surface area contributed by atoms with Crippen LogP contribution in [0.2, 0.25) is 0 Å². The lowest BCUT2D eigenvalue weighted by Crippen LogP contribution is -2.35. The first-order valence-corrected chi connectivity index (χ1v) is 8.21. The van der Waals surface area contributed by atoms with Crippen molar-refractivity contribution in [3.05, 3.63) is 24.3 Å². The molecule has 0 spiro atoms. The second-order valence-corrected chi connectivity index (χ2v) is 6.59. The van der Waals surface area contributed by atoms with E-state index in [4.69, 9.17) is 5.11 Å². The number of sulfone groups is 1. The van der Waals surface area contributed by atoms with Crippen LogP contribution in [0.25, 0.3) is 0 Å². The van der Waals surface area contributed by atoms with Gasteiger partial charge in [0.15, 0.2) is 9.84 Å². The van der Waals surface area contributed by atoms with Crippen molar-refractivity contribution < 1.29 is 23.1 Å². The number of nitrogens with one attached hydrogen (secondary N) is 2. The number of rotatable bonds is 6. The van der Waals surface area contributed by atoms with Gasteiger partial charge in [0.25, 0.3) is 0 Å². The number of carboxylic acid groups (broad SMARTS) is 1. The Hall–Kier alpha value is -2.09. The standard InChI is InChI=1S/C13H18N2O5S/c1-3-9(12(16)17)8-14-13(18)15-10-4-6-11(7-5-10)21(2,19)20/h4-7,9H,3,8H2,1-2H3,(H,16,17)(H2,14,15,18). The maximum absolute atomic E-state index is 11.6. The fraction of sp³-hybridized carbons (Fsp3) is 0.385. The minimum atomic E-state index is -3.28. The Morgan fingerprint density at radius 1 is 1.24 bits per heavy atom. The Balaban J connectivity index is 2.57. The zero-order valence-electron chi connectivity index (χ0n) is 11.8. The van der Waals surface area contributed by atoms with E-state index in [1.165, 1.54) is 24.3 Å². The fourth-order valence-electron chi connectivity index (χ4n) is 1.58. The van der Waals surface area contributed by atoms with E-state index in [-0.39, 0.29) is 11.4 Å². The van der Waals surface area contributed by atoms with E-state index in [1.807, 2.05) is 0 Å². The number of amides is 2. The summed E-state index contributed by atoms with van der Waals surface area (Å²) in [7, 11) is -3.28. The summed E-state index contributed by atoms with van der Waals surface area (Å²) in [6, 6.07) is 5.16. The van der Waals surface area contributed by atoms with Crippen molar-refractivity contribution in [1.29, 1.82) is 0 Å². The van der Waals surface area contributed by atoms with Crippen LogP contribution in [0, 0.1) is 5.92 Å². The minimum Gasteiger partial charge on any atom is -0.481 e. The highest BCUT2D eigenvalue weighted by Crippen LogP contribution is 2.13. The molecule has 0 radical (unpaired) electrons. The number of urea groups is 1. The van der Waals surface area contributed by atoms with Crippen LogP contribution in [0.4, 0.5) is 10.5 Å². The second-order valence-electron chi connectivity index (χ2n) is 4.57. The fourth-order valence-corrected chi connectivity index (χ4v) is 2.21. The molecule has 3 N–H and O–H groups in total. The van der Waals surface area contributed by atoms with E-state index in [1.54, 1.807) is 6.92 Å². The van der Waals surface area contributed by atoms with Gasteiger partial charge in [0, 0.05) is 18.5 Å². The van der Waals surface area contributed by atoms with Crippen molar-refractivity contribution in [2.45, 2.75) is 18.2 Å². The molecule has 0 heterocycles. The van der Waals surface area contributed by atoms with Crippen molar-refractivity contribution in [2.24, 2.45) is 5.92 Å². The van der Waals surface area contributed by atoms with Crippen LogP contribution in [0.3, 0.4) is 0 Å². The molecule has 7 nitrogen and oxygen atoms in total. The molecule has 0 aliphatic rings. The van der Waals surface area contributed by atoms with E-state index in [0.29, 0.717) is 12.1 Å². The lowest BCUT2D eigenvalue weighted by molar-refractivity contribution is -0.141. The molecule has 8 heteroatoms. The maximum atomic E-state index is 11.6. The largest absolute Gasteiger partial charge is 0.481 e. The third-order valence-corrected chi connectivity index (χ3v) is 4.02. The molecule has 2 amide bonds. The summed E-state index contributed by atoms with van der Waals surface area (Å²) in [4.78, 5) is 22.6. The Bertz CT molecular complexity index is 610. The molecule has 21 heavy (non-hydrogen) atoms. The maximum Gasteiger partial charge on any atom is 0.319 e. The van der Waals surface area contributed by atoms with Crippen LogP contribution in [0.1, 0.15) is 13.3 Å². The van der Waals surface area contributed by atoms with Gasteiger partial charge in [-0.1, -0.05) is 6.92 Å². The first-order chi connectivity index (χ1) is 9.74. The van der Waals surface area contributed by atoms with Crippen molar-refractivity contribution in [3.8, 4) is 0 Å². The number of carbonyl (C=O) groups excluding carboxylic acids is 1. The van der Waals surface area contributed by atoms with Crippen LogP contribution in [0.15, 0.2) is 29.2 Å². The minimum absolute atomic E-state index is 0.0269. The average molecular weight is 314 g/mol. The quantitative estimate of drug-likeness (QED) is 0.733. The molecule has 1 unspecified atom stereocenters. The summed E-state index contributed by atoms with van der Waals surface area (Å²) in [5.74, 6) is -1.60. The molecule has 0 aliphatic heterocycles. The number of carbonyl (C=O) groups is 2. The summed E-state index contributed by atoms with van der Waals surface area (Å²) in [6.07, 6.45) is 1.51. The van der Waals surface area contributed by atoms with Gasteiger partial charge >= 0.3 is 12.0 Å². The molecule has 0 bridgehead atoms. The average Bonchev–Trinajstić information content (AvgIpc) is 2.38. The van der Waals surface area contributed by atoms with Crippen LogP contribution < -0.4 is 10.6 Å². The predicted molar refractivity (Wildman–Crippen MR) is 78.0 cm³/mol. The van der Waals surface area contributed by atoms with Crippen molar-refractivity contribution in [2.75, 3.05) is 18.1 Å². The number of aliphatic carboxylic acids is 1. The van der Waals surface area contributed by atoms with E-state index >= 15 is 0 Å². The Kier molecular flexibility index (Phi) is 5.71. The first kappa shape index (κ1) is 17.0. The number of carboxylic acids is 1. The van der Waals surface area contributed by atoms with Gasteiger partial charge in [-0.15, -0.1) is 0 Å². The molecule has 1 aromatic rings. The first-order valence-electron chi connectivity index (χ1n) is 6.31. The third-order valence-electron chi connectivity index (χ3n) is 2.89. The number of hydrogen-bond donors (Lipinski definition) is 3. The predicted octanol–water partition coefficient (Wildman–Crippen LogP) is 1.32. The summed E-state index contributed by atoms with van der Waals surface area (Å²) in [6.45, 7) is 1.75. The molecule has 1 aromatic carbocycles. The van der Waals surface area contributed by atoms with Crippen LogP contribution in [0.5, 0.6) is 0 Å². The molecular formula is C13H18N2O5S. The van der Waals surface area contributed by atoms with Gasteiger partial charge in [-0.2, -0.15) is 0 Å². The van der Waals surface area contributed by atoms with Gasteiger partial charge in [0.05, 0.1) is 10.8 Å². The molecule has 0 saturated carbocycles. The van der Waals surface area contributed by atoms with Crippen molar-refractivity contribution >= 4 is 27.5 Å². The van der Waals surface area contributed by atoms with Crippen molar-refractivity contribution in [3.63, 3.8) is 0 Å². The summed E-state index contributed by atoms with van der Waals surface area (Å²) >= 11 is 0. The van der Waals surface area contributed by atoms with Gasteiger partial charge in [-0.3, -0.25) is 4.79 Å². The van der Waals surface area contributed by atoms with Crippen LogP contribution >= 0.6 is 0 Å². The van der Waals surface area contributed by atoms with Crippen LogP contribution in [-0.4, -0.2) is 38.3 Å². The molecule has 0 fully saturated rings. The number of anilines is 1. The van der Waals surface area contributed by atoms with E-state index in [9.17, 15) is 18.0 Å². The zero-order valence-corrected chi connectivity index (χ0v) is 12.6. The highest BCUT2D eigenvalue weighted by Gasteiger charge is 2.15. The Morgan fingerprint density at radius 3 is 2.24 bits per heavy atom. The van der Waals surface area contributed by atoms with Gasteiger partial charge in [0.1, 0.15) is 0 Å². The molecule has 1 rings (SSSR count). The number of hydrogen-bond acceptors (Lipinski definition) is 4. The highest BCUT2D eigenvalue weighted by molar-refractivity contribution is 7.90. The van der Waals surface area contributed by atoms with Crippen molar-refractivity contribution in [1.82, 2.24) is 5.32 Å². The second kappa shape index (κ2) is 7.07. The van der Waals surface area contributed by atoms with Crippen LogP contribution in [-0.2, 0) is 14.6 Å². The number of benzene rings is 1. The molecule has 0 saturated heterocycles. The van der Waals surface area contributed by atoms with Gasteiger partial charge in [-0.25, -0.2) is 13.2 Å². The van der Waals surface area contributed by atoms with E-state index < -0.39 is 27.8 Å². The third kappa shape index (κ3) is 5.42. The molecule has 0 aliphatic carbocycles. The van der Waals surface area contributed by atoms with Gasteiger partial charge in [0.2, 0.25) is 0 Å². The normalized spacial score (nSPS) is 12.5. The van der Waals surface area contributed by atoms with Gasteiger partial charge in [-0.05, 0) is 30.7 Å².